The van der Waals surface area contributed by atoms with Crippen LogP contribution in [0.4, 0.5) is 0 Å². The van der Waals surface area contributed by atoms with Crippen molar-refractivity contribution in [3.63, 3.8) is 0 Å². The number of thiophene rings is 1. The molecule has 0 N–H and O–H groups in total. The van der Waals surface area contributed by atoms with Crippen molar-refractivity contribution in [2.45, 2.75) is 12.8 Å². The van der Waals surface area contributed by atoms with Crippen molar-refractivity contribution in [1.82, 2.24) is 4.98 Å². The van der Waals surface area contributed by atoms with Gasteiger partial charge in [-0.2, -0.15) is 0 Å². The van der Waals surface area contributed by atoms with Gasteiger partial charge in [0.15, 0.2) is 5.78 Å². The summed E-state index contributed by atoms with van der Waals surface area (Å²) in [4.78, 5) is 16.6. The van der Waals surface area contributed by atoms with Gasteiger partial charge < -0.3 is 0 Å². The highest BCUT2D eigenvalue weighted by Gasteiger charge is 2.07. The quantitative estimate of drug-likeness (QED) is 0.746. The van der Waals surface area contributed by atoms with Gasteiger partial charge in [-0.15, -0.1) is 22.7 Å². The Balaban J connectivity index is 1.90. The summed E-state index contributed by atoms with van der Waals surface area (Å²) in [7, 11) is 0. The average molecular weight is 223 g/mol. The second-order valence-corrected chi connectivity index (χ2v) is 4.75. The molecular weight excluding hydrogens is 214 g/mol. The molecule has 0 unspecified atom stereocenters. The van der Waals surface area contributed by atoms with Crippen LogP contribution < -0.4 is 0 Å². The number of rotatable bonds is 4. The number of hydrogen-bond acceptors (Lipinski definition) is 4. The van der Waals surface area contributed by atoms with Gasteiger partial charge in [0, 0.05) is 24.4 Å². The molecule has 0 radical (unpaired) electrons. The molecule has 2 rings (SSSR count). The van der Waals surface area contributed by atoms with E-state index in [0.29, 0.717) is 6.42 Å². The third-order valence-electron chi connectivity index (χ3n) is 1.85. The number of hydrogen-bond donors (Lipinski definition) is 0. The highest BCUT2D eigenvalue weighted by molar-refractivity contribution is 7.12. The lowest BCUT2D eigenvalue weighted by Gasteiger charge is -1.94. The van der Waals surface area contributed by atoms with Crippen molar-refractivity contribution < 1.29 is 4.79 Å². The van der Waals surface area contributed by atoms with E-state index in [0.717, 1.165) is 16.3 Å². The van der Waals surface area contributed by atoms with E-state index in [1.165, 1.54) is 11.3 Å². The Morgan fingerprint density at radius 1 is 1.36 bits per heavy atom. The molecule has 0 aromatic carbocycles. The zero-order valence-electron chi connectivity index (χ0n) is 7.47. The summed E-state index contributed by atoms with van der Waals surface area (Å²) in [6.45, 7) is 0. The summed E-state index contributed by atoms with van der Waals surface area (Å²) in [5.74, 6) is 0.218. The average Bonchev–Trinajstić information content (AvgIpc) is 2.87. The first-order valence-electron chi connectivity index (χ1n) is 4.31. The second kappa shape index (κ2) is 4.48. The van der Waals surface area contributed by atoms with E-state index in [-0.39, 0.29) is 5.78 Å². The van der Waals surface area contributed by atoms with Crippen molar-refractivity contribution in [1.29, 1.82) is 0 Å². The van der Waals surface area contributed by atoms with Gasteiger partial charge in [-0.1, -0.05) is 6.07 Å². The molecule has 0 saturated carbocycles. The summed E-state index contributed by atoms with van der Waals surface area (Å²) in [6, 6.07) is 3.77. The molecule has 14 heavy (non-hydrogen) atoms. The fraction of sp³-hybridized carbons (Fsp3) is 0.200. The van der Waals surface area contributed by atoms with E-state index in [2.05, 4.69) is 4.98 Å². The van der Waals surface area contributed by atoms with E-state index in [1.807, 2.05) is 22.9 Å². The van der Waals surface area contributed by atoms with E-state index in [4.69, 9.17) is 0 Å². The molecule has 0 fully saturated rings. The van der Waals surface area contributed by atoms with Crippen molar-refractivity contribution in [3.05, 3.63) is 39.0 Å². The van der Waals surface area contributed by atoms with Gasteiger partial charge >= 0.3 is 0 Å². The molecule has 0 spiro atoms. The van der Waals surface area contributed by atoms with Gasteiger partial charge in [0.05, 0.1) is 9.88 Å². The monoisotopic (exact) mass is 223 g/mol. The Kier molecular flexibility index (Phi) is 3.06. The van der Waals surface area contributed by atoms with Crippen LogP contribution in [0.5, 0.6) is 0 Å². The maximum Gasteiger partial charge on any atom is 0.173 e. The highest BCUT2D eigenvalue weighted by atomic mass is 32.1. The second-order valence-electron chi connectivity index (χ2n) is 2.83. The number of aromatic nitrogens is 1. The Labute approximate surface area is 90.2 Å². The van der Waals surface area contributed by atoms with E-state index >= 15 is 0 Å². The normalized spacial score (nSPS) is 10.3. The number of carbonyl (C=O) groups excluding carboxylic acids is 1. The first-order chi connectivity index (χ1) is 6.86. The van der Waals surface area contributed by atoms with Crippen molar-refractivity contribution >= 4 is 28.5 Å². The minimum atomic E-state index is 0.218. The minimum absolute atomic E-state index is 0.218. The lowest BCUT2D eigenvalue weighted by molar-refractivity contribution is 0.0986. The van der Waals surface area contributed by atoms with Crippen molar-refractivity contribution in [2.24, 2.45) is 0 Å². The number of ketones is 1. The Hall–Kier alpha value is -1.00. The lowest BCUT2D eigenvalue weighted by atomic mass is 10.2. The lowest BCUT2D eigenvalue weighted by Crippen LogP contribution is -1.97. The summed E-state index contributed by atoms with van der Waals surface area (Å²) in [6.07, 6.45) is 3.10. The molecule has 2 aromatic rings. The fourth-order valence-corrected chi connectivity index (χ4v) is 2.47. The standard InChI is InChI=1S/C10H9NOS2/c12-8(9-2-1-6-13-9)3-4-10-11-5-7-14-10/h1-2,5-7H,3-4H2. The molecule has 2 nitrogen and oxygen atoms in total. The van der Waals surface area contributed by atoms with Crippen LogP contribution in [-0.2, 0) is 6.42 Å². The number of aryl methyl sites for hydroxylation is 1. The molecule has 72 valence electrons. The highest BCUT2D eigenvalue weighted by Crippen LogP contribution is 2.14. The third-order valence-corrected chi connectivity index (χ3v) is 3.60. The zero-order chi connectivity index (χ0) is 9.80. The van der Waals surface area contributed by atoms with Crippen LogP contribution in [0.2, 0.25) is 0 Å². The number of Topliss-reactive ketones (excluding diaryl/α,β-unsaturated/α-hetero) is 1. The van der Waals surface area contributed by atoms with Crippen LogP contribution >= 0.6 is 22.7 Å². The van der Waals surface area contributed by atoms with Gasteiger partial charge in [0.25, 0.3) is 0 Å². The molecule has 0 aliphatic rings. The smallest absolute Gasteiger partial charge is 0.173 e. The van der Waals surface area contributed by atoms with Crippen LogP contribution in [0, 0.1) is 0 Å². The first kappa shape index (κ1) is 9.55. The molecule has 0 aliphatic heterocycles. The maximum atomic E-state index is 11.6. The number of nitrogens with zero attached hydrogens (tertiary/aromatic N) is 1. The molecule has 4 heteroatoms. The summed E-state index contributed by atoms with van der Waals surface area (Å²) in [5, 5.41) is 4.90. The summed E-state index contributed by atoms with van der Waals surface area (Å²) in [5.41, 5.74) is 0. The van der Waals surface area contributed by atoms with Crippen LogP contribution in [0.15, 0.2) is 29.1 Å². The van der Waals surface area contributed by atoms with Crippen LogP contribution in [0.25, 0.3) is 0 Å². The van der Waals surface area contributed by atoms with E-state index in [1.54, 1.807) is 17.5 Å². The van der Waals surface area contributed by atoms with Gasteiger partial charge in [0.1, 0.15) is 0 Å². The van der Waals surface area contributed by atoms with Crippen LogP contribution in [-0.4, -0.2) is 10.8 Å². The number of carbonyl (C=O) groups is 1. The molecule has 0 atom stereocenters. The Bertz CT molecular complexity index is 392. The van der Waals surface area contributed by atoms with Crippen LogP contribution in [0.1, 0.15) is 21.1 Å². The summed E-state index contributed by atoms with van der Waals surface area (Å²) < 4.78 is 0. The fourth-order valence-electron chi connectivity index (χ4n) is 1.16. The molecule has 2 heterocycles. The van der Waals surface area contributed by atoms with Gasteiger partial charge in [-0.05, 0) is 11.4 Å². The number of thiazole rings is 1. The predicted molar refractivity (Wildman–Crippen MR) is 59.1 cm³/mol. The Morgan fingerprint density at radius 2 is 2.29 bits per heavy atom. The topological polar surface area (TPSA) is 30.0 Å². The van der Waals surface area contributed by atoms with Gasteiger partial charge in [-0.3, -0.25) is 4.79 Å². The molecule has 0 saturated heterocycles. The largest absolute Gasteiger partial charge is 0.293 e. The Morgan fingerprint density at radius 3 is 2.93 bits per heavy atom. The summed E-state index contributed by atoms with van der Waals surface area (Å²) >= 11 is 3.10. The SMILES string of the molecule is O=C(CCc1nccs1)c1cccs1. The van der Waals surface area contributed by atoms with E-state index in [9.17, 15) is 4.79 Å². The van der Waals surface area contributed by atoms with Crippen molar-refractivity contribution in [3.8, 4) is 0 Å². The minimum Gasteiger partial charge on any atom is -0.293 e. The van der Waals surface area contributed by atoms with E-state index < -0.39 is 0 Å². The van der Waals surface area contributed by atoms with Gasteiger partial charge in [-0.25, -0.2) is 4.98 Å². The molecule has 0 bridgehead atoms. The third kappa shape index (κ3) is 2.27. The molecular formula is C10H9NOS2. The molecule has 2 aromatic heterocycles. The predicted octanol–water partition coefficient (Wildman–Crippen LogP) is 3.02. The van der Waals surface area contributed by atoms with Gasteiger partial charge in [0.2, 0.25) is 0 Å². The molecule has 0 aliphatic carbocycles. The zero-order valence-corrected chi connectivity index (χ0v) is 9.11. The van der Waals surface area contributed by atoms with Crippen molar-refractivity contribution in [2.75, 3.05) is 0 Å². The van der Waals surface area contributed by atoms with Crippen LogP contribution in [0.3, 0.4) is 0 Å². The maximum absolute atomic E-state index is 11.6. The first-order valence-corrected chi connectivity index (χ1v) is 6.07. The molecule has 0 amide bonds.